The van der Waals surface area contributed by atoms with Crippen LogP contribution in [0.2, 0.25) is 0 Å². The predicted molar refractivity (Wildman–Crippen MR) is 199 cm³/mol. The summed E-state index contributed by atoms with van der Waals surface area (Å²) >= 11 is 0. The molecule has 260 valence electrons. The standard InChI is InChI=1S/C42H68O4/c1-3-5-7-9-11-13-15-16-17-18-19-20-22-24-26-31-35-39-42(45)46-40(37-33-29-27-30-34-38-41(43)44)36-32-28-25-23-21-14-12-10-8-6-4-2/h5,7,11-14,16-17,19-20,23-26,40H,3-4,6,8-10,15,18,21-22,27-39H2,1-2H3,(H,43,44)/b7-5-,13-11-,14-12-,17-16-,20-19-,25-23-,26-24-. The van der Waals surface area contributed by atoms with Gasteiger partial charge in [-0.2, -0.15) is 0 Å². The van der Waals surface area contributed by atoms with Crippen LogP contribution >= 0.6 is 0 Å². The molecule has 0 fully saturated rings. The molecule has 1 N–H and O–H groups in total. The second-order valence-corrected chi connectivity index (χ2v) is 12.0. The number of rotatable bonds is 32. The molecule has 0 aliphatic carbocycles. The van der Waals surface area contributed by atoms with Gasteiger partial charge in [0, 0.05) is 12.8 Å². The maximum Gasteiger partial charge on any atom is 0.306 e. The van der Waals surface area contributed by atoms with Crippen molar-refractivity contribution in [2.24, 2.45) is 0 Å². The van der Waals surface area contributed by atoms with Crippen LogP contribution < -0.4 is 0 Å². The number of hydrogen-bond donors (Lipinski definition) is 1. The number of hydrogen-bond acceptors (Lipinski definition) is 3. The van der Waals surface area contributed by atoms with Crippen LogP contribution in [0.4, 0.5) is 0 Å². The zero-order chi connectivity index (χ0) is 33.6. The van der Waals surface area contributed by atoms with Crippen LogP contribution in [0.25, 0.3) is 0 Å². The highest BCUT2D eigenvalue weighted by Gasteiger charge is 2.14. The maximum absolute atomic E-state index is 12.6. The van der Waals surface area contributed by atoms with Crippen LogP contribution in [0.15, 0.2) is 85.1 Å². The van der Waals surface area contributed by atoms with E-state index in [2.05, 4.69) is 98.9 Å². The Bertz CT molecular complexity index is 903. The van der Waals surface area contributed by atoms with Crippen molar-refractivity contribution in [2.75, 3.05) is 0 Å². The number of unbranched alkanes of at least 4 members (excludes halogenated alkanes) is 9. The van der Waals surface area contributed by atoms with Gasteiger partial charge in [0.1, 0.15) is 6.10 Å². The lowest BCUT2D eigenvalue weighted by molar-refractivity contribution is -0.150. The van der Waals surface area contributed by atoms with Crippen LogP contribution in [0.1, 0.15) is 162 Å². The van der Waals surface area contributed by atoms with Crippen molar-refractivity contribution >= 4 is 11.9 Å². The normalized spacial score (nSPS) is 13.3. The number of aliphatic carboxylic acids is 1. The van der Waals surface area contributed by atoms with E-state index in [1.165, 1.54) is 25.7 Å². The Balaban J connectivity index is 4.26. The van der Waals surface area contributed by atoms with E-state index in [0.29, 0.717) is 6.42 Å². The number of carbonyl (C=O) groups is 2. The minimum Gasteiger partial charge on any atom is -0.481 e. The lowest BCUT2D eigenvalue weighted by atomic mass is 10.0. The lowest BCUT2D eigenvalue weighted by Gasteiger charge is -2.18. The van der Waals surface area contributed by atoms with Crippen molar-refractivity contribution in [3.05, 3.63) is 85.1 Å². The van der Waals surface area contributed by atoms with Crippen LogP contribution in [-0.2, 0) is 14.3 Å². The van der Waals surface area contributed by atoms with Crippen molar-refractivity contribution in [3.63, 3.8) is 0 Å². The molecule has 0 saturated carbocycles. The predicted octanol–water partition coefficient (Wildman–Crippen LogP) is 12.9. The molecule has 0 aromatic heterocycles. The number of carboxylic acids is 1. The molecule has 0 spiro atoms. The number of esters is 1. The van der Waals surface area contributed by atoms with Crippen molar-refractivity contribution in [1.29, 1.82) is 0 Å². The van der Waals surface area contributed by atoms with Gasteiger partial charge in [-0.25, -0.2) is 0 Å². The minimum atomic E-state index is -0.717. The molecule has 0 saturated heterocycles. The third kappa shape index (κ3) is 35.6. The summed E-state index contributed by atoms with van der Waals surface area (Å²) in [6.45, 7) is 4.39. The van der Waals surface area contributed by atoms with Crippen molar-refractivity contribution < 1.29 is 19.4 Å². The highest BCUT2D eigenvalue weighted by Crippen LogP contribution is 2.17. The van der Waals surface area contributed by atoms with Gasteiger partial charge in [0.05, 0.1) is 0 Å². The van der Waals surface area contributed by atoms with Gasteiger partial charge in [0.25, 0.3) is 0 Å². The average Bonchev–Trinajstić information content (AvgIpc) is 3.04. The van der Waals surface area contributed by atoms with Gasteiger partial charge in [-0.1, -0.05) is 131 Å². The van der Waals surface area contributed by atoms with E-state index in [0.717, 1.165) is 109 Å². The molecule has 0 aromatic carbocycles. The molecule has 0 bridgehead atoms. The Morgan fingerprint density at radius 3 is 1.50 bits per heavy atom. The summed E-state index contributed by atoms with van der Waals surface area (Å²) in [4.78, 5) is 23.3. The molecule has 0 aromatic rings. The first kappa shape index (κ1) is 43.1. The zero-order valence-electron chi connectivity index (χ0n) is 29.6. The molecule has 0 amide bonds. The summed E-state index contributed by atoms with van der Waals surface area (Å²) in [5, 5.41) is 8.80. The second kappa shape index (κ2) is 36.6. The molecule has 0 aliphatic heterocycles. The maximum atomic E-state index is 12.6. The first-order valence-corrected chi connectivity index (χ1v) is 18.6. The molecule has 46 heavy (non-hydrogen) atoms. The summed E-state index contributed by atoms with van der Waals surface area (Å²) in [5.41, 5.74) is 0. The molecule has 0 radical (unpaired) electrons. The topological polar surface area (TPSA) is 63.6 Å². The lowest BCUT2D eigenvalue weighted by Crippen LogP contribution is -2.18. The first-order chi connectivity index (χ1) is 22.6. The largest absolute Gasteiger partial charge is 0.481 e. The number of carboxylic acid groups (broad SMARTS) is 1. The van der Waals surface area contributed by atoms with Crippen LogP contribution in [0.3, 0.4) is 0 Å². The SMILES string of the molecule is CC/C=C\C/C=C\C/C=C\C/C=C\C/C=C\CCCC(=O)OC(CCC/C=C\C/C=C\CCCCC)CCCCCCCC(=O)O. The Morgan fingerprint density at radius 2 is 0.957 bits per heavy atom. The van der Waals surface area contributed by atoms with E-state index in [1.807, 2.05) is 0 Å². The molecule has 4 heteroatoms. The van der Waals surface area contributed by atoms with Crippen LogP contribution in [0, 0.1) is 0 Å². The van der Waals surface area contributed by atoms with E-state index in [9.17, 15) is 9.59 Å². The molecule has 1 atom stereocenters. The monoisotopic (exact) mass is 637 g/mol. The second-order valence-electron chi connectivity index (χ2n) is 12.0. The Kier molecular flexibility index (Phi) is 34.3. The van der Waals surface area contributed by atoms with Crippen molar-refractivity contribution in [3.8, 4) is 0 Å². The van der Waals surface area contributed by atoms with E-state index in [-0.39, 0.29) is 18.5 Å². The van der Waals surface area contributed by atoms with Gasteiger partial charge in [0.15, 0.2) is 0 Å². The van der Waals surface area contributed by atoms with E-state index in [1.54, 1.807) is 0 Å². The van der Waals surface area contributed by atoms with E-state index in [4.69, 9.17) is 9.84 Å². The summed E-state index contributed by atoms with van der Waals surface area (Å²) < 4.78 is 5.93. The smallest absolute Gasteiger partial charge is 0.306 e. The fraction of sp³-hybridized carbons (Fsp3) is 0.619. The fourth-order valence-electron chi connectivity index (χ4n) is 4.90. The molecule has 4 nitrogen and oxygen atoms in total. The van der Waals surface area contributed by atoms with Gasteiger partial charge >= 0.3 is 11.9 Å². The third-order valence-electron chi connectivity index (χ3n) is 7.60. The van der Waals surface area contributed by atoms with E-state index < -0.39 is 5.97 Å². The molecule has 0 rings (SSSR count). The van der Waals surface area contributed by atoms with Crippen molar-refractivity contribution in [1.82, 2.24) is 0 Å². The Hall–Kier alpha value is -2.88. The molecule has 0 aliphatic rings. The average molecular weight is 637 g/mol. The summed E-state index contributed by atoms with van der Waals surface area (Å²) in [6, 6.07) is 0. The summed E-state index contributed by atoms with van der Waals surface area (Å²) in [6.07, 6.45) is 53.0. The summed E-state index contributed by atoms with van der Waals surface area (Å²) in [7, 11) is 0. The number of ether oxygens (including phenoxy) is 1. The van der Waals surface area contributed by atoms with Crippen molar-refractivity contribution in [2.45, 2.75) is 168 Å². The highest BCUT2D eigenvalue weighted by atomic mass is 16.5. The number of carbonyl (C=O) groups excluding carboxylic acids is 1. The Morgan fingerprint density at radius 1 is 0.500 bits per heavy atom. The van der Waals surface area contributed by atoms with Crippen LogP contribution in [-0.4, -0.2) is 23.1 Å². The molecular weight excluding hydrogens is 568 g/mol. The zero-order valence-corrected chi connectivity index (χ0v) is 29.6. The molecule has 1 unspecified atom stereocenters. The minimum absolute atomic E-state index is 0.0212. The van der Waals surface area contributed by atoms with Gasteiger partial charge in [-0.05, 0) is 103 Å². The van der Waals surface area contributed by atoms with Crippen LogP contribution in [0.5, 0.6) is 0 Å². The van der Waals surface area contributed by atoms with E-state index >= 15 is 0 Å². The highest BCUT2D eigenvalue weighted by molar-refractivity contribution is 5.69. The fourth-order valence-corrected chi connectivity index (χ4v) is 4.90. The number of allylic oxidation sites excluding steroid dienone is 14. The van der Waals surface area contributed by atoms with Gasteiger partial charge in [-0.3, -0.25) is 9.59 Å². The molecule has 0 heterocycles. The quantitative estimate of drug-likeness (QED) is 0.0453. The van der Waals surface area contributed by atoms with Gasteiger partial charge in [-0.15, -0.1) is 0 Å². The Labute approximate surface area is 283 Å². The molecular formula is C42H68O4. The third-order valence-corrected chi connectivity index (χ3v) is 7.60. The first-order valence-electron chi connectivity index (χ1n) is 18.6. The van der Waals surface area contributed by atoms with Gasteiger partial charge < -0.3 is 9.84 Å². The van der Waals surface area contributed by atoms with Gasteiger partial charge in [0.2, 0.25) is 0 Å². The summed E-state index contributed by atoms with van der Waals surface area (Å²) in [5.74, 6) is -0.798.